The summed E-state index contributed by atoms with van der Waals surface area (Å²) >= 11 is 5.92. The van der Waals surface area contributed by atoms with Crippen molar-refractivity contribution in [2.45, 2.75) is 12.8 Å². The summed E-state index contributed by atoms with van der Waals surface area (Å²) in [6.07, 6.45) is 7.35. The molecule has 1 fully saturated rings. The summed E-state index contributed by atoms with van der Waals surface area (Å²) in [5.41, 5.74) is 1.53. The van der Waals surface area contributed by atoms with Crippen molar-refractivity contribution in [3.8, 4) is 6.07 Å². The number of hydrogen-bond donors (Lipinski definition) is 1. The lowest BCUT2D eigenvalue weighted by Crippen LogP contribution is -2.18. The Balaban J connectivity index is 1.64. The molecule has 1 saturated carbocycles. The molecule has 0 heterocycles. The maximum absolute atomic E-state index is 8.94. The Morgan fingerprint density at radius 1 is 1.33 bits per heavy atom. The minimum atomic E-state index is 0.519. The Labute approximate surface area is 112 Å². The number of halogens is 1. The van der Waals surface area contributed by atoms with Gasteiger partial charge in [0.15, 0.2) is 0 Å². The number of nitrogens with zero attached hydrogens (tertiary/aromatic N) is 1. The fourth-order valence-corrected chi connectivity index (χ4v) is 3.26. The molecular weight excluding hydrogens is 244 g/mol. The van der Waals surface area contributed by atoms with Crippen LogP contribution in [0.25, 0.3) is 0 Å². The van der Waals surface area contributed by atoms with Gasteiger partial charge in [0.25, 0.3) is 0 Å². The van der Waals surface area contributed by atoms with E-state index in [1.165, 1.54) is 12.8 Å². The van der Waals surface area contributed by atoms with Crippen molar-refractivity contribution in [1.29, 1.82) is 5.26 Å². The molecule has 18 heavy (non-hydrogen) atoms. The van der Waals surface area contributed by atoms with Gasteiger partial charge >= 0.3 is 0 Å². The van der Waals surface area contributed by atoms with E-state index in [1.807, 2.05) is 12.1 Å². The predicted molar refractivity (Wildman–Crippen MR) is 73.5 cm³/mol. The second-order valence-electron chi connectivity index (χ2n) is 5.23. The van der Waals surface area contributed by atoms with Gasteiger partial charge in [0.2, 0.25) is 0 Å². The number of benzene rings is 1. The molecule has 3 rings (SSSR count). The topological polar surface area (TPSA) is 35.8 Å². The van der Waals surface area contributed by atoms with Crippen LogP contribution >= 0.6 is 11.6 Å². The van der Waals surface area contributed by atoms with Crippen molar-refractivity contribution in [3.63, 3.8) is 0 Å². The summed E-state index contributed by atoms with van der Waals surface area (Å²) in [5.74, 6) is 2.30. The van der Waals surface area contributed by atoms with Crippen LogP contribution in [0.3, 0.4) is 0 Å². The first-order chi connectivity index (χ1) is 8.76. The highest BCUT2D eigenvalue weighted by Gasteiger charge is 2.35. The Hall–Kier alpha value is -1.46. The fourth-order valence-electron chi connectivity index (χ4n) is 3.10. The summed E-state index contributed by atoms with van der Waals surface area (Å²) in [6.45, 7) is 0.984. The van der Waals surface area contributed by atoms with Crippen LogP contribution in [-0.4, -0.2) is 6.54 Å². The monoisotopic (exact) mass is 258 g/mol. The first kappa shape index (κ1) is 11.6. The first-order valence-electron chi connectivity index (χ1n) is 6.38. The lowest BCUT2D eigenvalue weighted by atomic mass is 9.93. The van der Waals surface area contributed by atoms with Gasteiger partial charge < -0.3 is 5.32 Å². The largest absolute Gasteiger partial charge is 0.385 e. The molecule has 2 aliphatic rings. The normalized spacial score (nSPS) is 28.3. The van der Waals surface area contributed by atoms with E-state index in [0.717, 1.165) is 30.0 Å². The Morgan fingerprint density at radius 3 is 2.89 bits per heavy atom. The molecule has 1 aromatic rings. The van der Waals surface area contributed by atoms with Gasteiger partial charge in [-0.1, -0.05) is 23.8 Å². The van der Waals surface area contributed by atoms with E-state index in [4.69, 9.17) is 16.9 Å². The zero-order chi connectivity index (χ0) is 12.5. The zero-order valence-electron chi connectivity index (χ0n) is 10.1. The van der Waals surface area contributed by atoms with Gasteiger partial charge in [0.1, 0.15) is 6.07 Å². The highest BCUT2D eigenvalue weighted by atomic mass is 35.5. The van der Waals surface area contributed by atoms with Gasteiger partial charge in [0.05, 0.1) is 10.6 Å². The van der Waals surface area contributed by atoms with Crippen molar-refractivity contribution in [2.75, 3.05) is 11.9 Å². The summed E-state index contributed by atoms with van der Waals surface area (Å²) in [5, 5.41) is 12.9. The van der Waals surface area contributed by atoms with Gasteiger partial charge in [0, 0.05) is 12.2 Å². The molecule has 3 atom stereocenters. The molecule has 2 aliphatic carbocycles. The number of rotatable bonds is 3. The molecule has 2 bridgehead atoms. The van der Waals surface area contributed by atoms with Crippen LogP contribution in [0.1, 0.15) is 18.4 Å². The second-order valence-corrected chi connectivity index (χ2v) is 5.63. The molecule has 0 radical (unpaired) electrons. The Morgan fingerprint density at radius 2 is 2.22 bits per heavy atom. The van der Waals surface area contributed by atoms with Gasteiger partial charge in [-0.3, -0.25) is 0 Å². The number of hydrogen-bond acceptors (Lipinski definition) is 2. The van der Waals surface area contributed by atoms with Crippen LogP contribution in [0.4, 0.5) is 5.69 Å². The van der Waals surface area contributed by atoms with E-state index < -0.39 is 0 Å². The average molecular weight is 259 g/mol. The van der Waals surface area contributed by atoms with E-state index in [-0.39, 0.29) is 0 Å². The molecule has 0 spiro atoms. The second kappa shape index (κ2) is 4.66. The van der Waals surface area contributed by atoms with E-state index >= 15 is 0 Å². The summed E-state index contributed by atoms with van der Waals surface area (Å²) < 4.78 is 0. The van der Waals surface area contributed by atoms with E-state index in [0.29, 0.717) is 10.6 Å². The smallest absolute Gasteiger partial charge is 0.101 e. The SMILES string of the molecule is N#Cc1cc(NCC2CC3C=CC2C3)ccc1Cl. The Kier molecular flexibility index (Phi) is 3.01. The number of fused-ring (bicyclic) bond motifs is 2. The number of nitriles is 1. The van der Waals surface area contributed by atoms with E-state index in [9.17, 15) is 0 Å². The highest BCUT2D eigenvalue weighted by Crippen LogP contribution is 2.43. The lowest BCUT2D eigenvalue weighted by molar-refractivity contribution is 0.472. The van der Waals surface area contributed by atoms with Crippen LogP contribution in [0, 0.1) is 29.1 Å². The molecule has 92 valence electrons. The molecular formula is C15H15ClN2. The molecule has 0 aliphatic heterocycles. The van der Waals surface area contributed by atoms with Crippen LogP contribution in [-0.2, 0) is 0 Å². The average Bonchev–Trinajstić information content (AvgIpc) is 3.00. The number of allylic oxidation sites excluding steroid dienone is 2. The molecule has 3 heteroatoms. The third-order valence-corrected chi connectivity index (χ3v) is 4.40. The minimum Gasteiger partial charge on any atom is -0.385 e. The third-order valence-electron chi connectivity index (χ3n) is 4.07. The van der Waals surface area contributed by atoms with Crippen molar-refractivity contribution in [2.24, 2.45) is 17.8 Å². The maximum Gasteiger partial charge on any atom is 0.101 e. The molecule has 1 aromatic carbocycles. The van der Waals surface area contributed by atoms with E-state index in [2.05, 4.69) is 23.5 Å². The van der Waals surface area contributed by atoms with Gasteiger partial charge in [-0.05, 0) is 48.8 Å². The van der Waals surface area contributed by atoms with Crippen molar-refractivity contribution >= 4 is 17.3 Å². The standard InChI is InChI=1S/C15H15ClN2/c16-15-4-3-14(7-12(15)8-17)18-9-13-6-10-1-2-11(13)5-10/h1-4,7,10-11,13,18H,5-6,9H2. The highest BCUT2D eigenvalue weighted by molar-refractivity contribution is 6.31. The van der Waals surface area contributed by atoms with Crippen molar-refractivity contribution in [1.82, 2.24) is 0 Å². The molecule has 2 nitrogen and oxygen atoms in total. The quantitative estimate of drug-likeness (QED) is 0.837. The number of anilines is 1. The van der Waals surface area contributed by atoms with Crippen molar-refractivity contribution < 1.29 is 0 Å². The van der Waals surface area contributed by atoms with Crippen LogP contribution in [0.15, 0.2) is 30.4 Å². The van der Waals surface area contributed by atoms with Crippen LogP contribution < -0.4 is 5.32 Å². The number of nitrogens with one attached hydrogen (secondary N) is 1. The lowest BCUT2D eigenvalue weighted by Gasteiger charge is -2.19. The summed E-state index contributed by atoms with van der Waals surface area (Å²) in [7, 11) is 0. The molecule has 1 N–H and O–H groups in total. The van der Waals surface area contributed by atoms with Gasteiger partial charge in [-0.2, -0.15) is 5.26 Å². The molecule has 0 saturated heterocycles. The van der Waals surface area contributed by atoms with Gasteiger partial charge in [-0.25, -0.2) is 0 Å². The Bertz CT molecular complexity index is 530. The summed E-state index contributed by atoms with van der Waals surface area (Å²) in [6, 6.07) is 7.65. The third kappa shape index (κ3) is 2.11. The van der Waals surface area contributed by atoms with Crippen LogP contribution in [0.5, 0.6) is 0 Å². The van der Waals surface area contributed by atoms with Crippen LogP contribution in [0.2, 0.25) is 5.02 Å². The predicted octanol–water partition coefficient (Wildman–Crippen LogP) is 3.84. The molecule has 3 unspecified atom stereocenters. The zero-order valence-corrected chi connectivity index (χ0v) is 10.8. The van der Waals surface area contributed by atoms with Gasteiger partial charge in [-0.15, -0.1) is 0 Å². The minimum absolute atomic E-state index is 0.519. The molecule has 0 aromatic heterocycles. The maximum atomic E-state index is 8.94. The summed E-state index contributed by atoms with van der Waals surface area (Å²) in [4.78, 5) is 0. The fraction of sp³-hybridized carbons (Fsp3) is 0.400. The van der Waals surface area contributed by atoms with Crippen molar-refractivity contribution in [3.05, 3.63) is 40.9 Å². The first-order valence-corrected chi connectivity index (χ1v) is 6.76. The molecule has 0 amide bonds. The van der Waals surface area contributed by atoms with E-state index in [1.54, 1.807) is 6.07 Å².